The van der Waals surface area contributed by atoms with Crippen LogP contribution in [0, 0.1) is 5.82 Å². The molecule has 2 aromatic rings. The maximum Gasteiger partial charge on any atom is 0.414 e. The molecule has 0 atom stereocenters. The molecule has 3 rings (SSSR count). The van der Waals surface area contributed by atoms with Crippen LogP contribution in [0.3, 0.4) is 0 Å². The Hall–Kier alpha value is -3.04. The summed E-state index contributed by atoms with van der Waals surface area (Å²) in [5.41, 5.74) is 1.37. The normalized spacial score (nSPS) is 14.7. The first-order valence-corrected chi connectivity index (χ1v) is 9.07. The van der Waals surface area contributed by atoms with E-state index in [1.807, 2.05) is 18.2 Å². The van der Waals surface area contributed by atoms with Crippen molar-refractivity contribution in [2.75, 3.05) is 13.1 Å². The molecule has 0 spiro atoms. The van der Waals surface area contributed by atoms with Gasteiger partial charge in [-0.2, -0.15) is 0 Å². The molecule has 0 radical (unpaired) electrons. The van der Waals surface area contributed by atoms with E-state index in [1.165, 1.54) is 6.07 Å². The van der Waals surface area contributed by atoms with Gasteiger partial charge in [-0.25, -0.2) is 14.0 Å². The second-order valence-corrected chi connectivity index (χ2v) is 6.51. The van der Waals surface area contributed by atoms with Crippen LogP contribution in [-0.4, -0.2) is 51.2 Å². The molecule has 1 aromatic carbocycles. The van der Waals surface area contributed by atoms with Crippen LogP contribution in [0.25, 0.3) is 0 Å². The summed E-state index contributed by atoms with van der Waals surface area (Å²) in [7, 11) is 0. The molecule has 1 aliphatic heterocycles. The minimum atomic E-state index is -1.82. The molecule has 0 unspecified atom stereocenters. The van der Waals surface area contributed by atoms with Gasteiger partial charge in [-0.05, 0) is 25.0 Å². The minimum absolute atomic E-state index is 0.0228. The van der Waals surface area contributed by atoms with Crippen molar-refractivity contribution in [2.24, 2.45) is 0 Å². The Morgan fingerprint density at radius 3 is 2.28 bits per heavy atom. The van der Waals surface area contributed by atoms with Gasteiger partial charge < -0.3 is 19.9 Å². The molecule has 1 fully saturated rings. The number of aromatic nitrogens is 1. The summed E-state index contributed by atoms with van der Waals surface area (Å²) in [6.45, 7) is 2.75. The molecule has 0 aliphatic carbocycles. The fraction of sp³-hybridized carbons (Fsp3) is 0.350. The summed E-state index contributed by atoms with van der Waals surface area (Å²) in [6.07, 6.45) is 3.60. The van der Waals surface area contributed by atoms with E-state index < -0.39 is 11.9 Å². The van der Waals surface area contributed by atoms with Crippen LogP contribution in [0.1, 0.15) is 24.0 Å². The third-order valence-corrected chi connectivity index (χ3v) is 4.44. The van der Waals surface area contributed by atoms with E-state index in [4.69, 9.17) is 24.5 Å². The first-order valence-electron chi connectivity index (χ1n) is 9.07. The molecule has 9 heteroatoms. The number of hydrogen-bond acceptors (Lipinski definition) is 5. The Morgan fingerprint density at radius 1 is 1.07 bits per heavy atom. The minimum Gasteiger partial charge on any atom is -0.473 e. The lowest BCUT2D eigenvalue weighted by Gasteiger charge is -2.31. The van der Waals surface area contributed by atoms with Gasteiger partial charge in [-0.3, -0.25) is 9.69 Å². The van der Waals surface area contributed by atoms with Gasteiger partial charge in [0.1, 0.15) is 5.82 Å². The summed E-state index contributed by atoms with van der Waals surface area (Å²) in [4.78, 5) is 34.9. The molecular weight excluding hydrogens is 383 g/mol. The number of pyridine rings is 1. The maximum atomic E-state index is 13.6. The Bertz CT molecular complexity index is 865. The molecule has 156 valence electrons. The van der Waals surface area contributed by atoms with Crippen LogP contribution in [0.5, 0.6) is 0 Å². The molecule has 1 aromatic heterocycles. The molecule has 0 bridgehead atoms. The lowest BCUT2D eigenvalue weighted by molar-refractivity contribution is -0.159. The molecular formula is C20H23FN2O6. The van der Waals surface area contributed by atoms with Crippen molar-refractivity contribution in [2.45, 2.75) is 32.1 Å². The molecule has 2 heterocycles. The topological polar surface area (TPSA) is 120 Å². The second kappa shape index (κ2) is 11.1. The molecule has 1 saturated heterocycles. The first kappa shape index (κ1) is 22.3. The average molecular weight is 406 g/mol. The zero-order chi connectivity index (χ0) is 21.2. The average Bonchev–Trinajstić information content (AvgIpc) is 2.70. The smallest absolute Gasteiger partial charge is 0.414 e. The highest BCUT2D eigenvalue weighted by atomic mass is 19.1. The van der Waals surface area contributed by atoms with Gasteiger partial charge in [0.15, 0.2) is 0 Å². The molecule has 3 N–H and O–H groups in total. The summed E-state index contributed by atoms with van der Waals surface area (Å²) in [5, 5.41) is 14.8. The van der Waals surface area contributed by atoms with Gasteiger partial charge in [-0.1, -0.05) is 24.3 Å². The lowest BCUT2D eigenvalue weighted by atomic mass is 10.1. The number of carbonyl (C=O) groups is 2. The van der Waals surface area contributed by atoms with Gasteiger partial charge in [0.05, 0.1) is 12.7 Å². The fourth-order valence-electron chi connectivity index (χ4n) is 2.88. The van der Waals surface area contributed by atoms with Crippen LogP contribution < -0.4 is 5.56 Å². The van der Waals surface area contributed by atoms with Crippen LogP contribution >= 0.6 is 0 Å². The molecule has 1 aliphatic rings. The Kier molecular flexibility index (Phi) is 8.50. The van der Waals surface area contributed by atoms with Crippen LogP contribution in [0.15, 0.2) is 47.4 Å². The number of likely N-dealkylation sites (tertiary alicyclic amines) is 1. The molecule has 8 nitrogen and oxygen atoms in total. The van der Waals surface area contributed by atoms with Gasteiger partial charge in [0.25, 0.3) is 5.56 Å². The second-order valence-electron chi connectivity index (χ2n) is 6.51. The number of halogens is 1. The van der Waals surface area contributed by atoms with E-state index in [-0.39, 0.29) is 17.5 Å². The zero-order valence-corrected chi connectivity index (χ0v) is 15.7. The highest BCUT2D eigenvalue weighted by Gasteiger charge is 2.20. The highest BCUT2D eigenvalue weighted by molar-refractivity contribution is 6.27. The van der Waals surface area contributed by atoms with E-state index in [0.29, 0.717) is 18.7 Å². The number of carboxylic acids is 2. The van der Waals surface area contributed by atoms with E-state index in [2.05, 4.69) is 9.88 Å². The van der Waals surface area contributed by atoms with Crippen molar-refractivity contribution >= 4 is 11.9 Å². The third kappa shape index (κ3) is 7.47. The van der Waals surface area contributed by atoms with Crippen molar-refractivity contribution in [1.82, 2.24) is 9.88 Å². The van der Waals surface area contributed by atoms with Crippen molar-refractivity contribution in [3.63, 3.8) is 0 Å². The Morgan fingerprint density at radius 2 is 1.69 bits per heavy atom. The van der Waals surface area contributed by atoms with Gasteiger partial charge in [0, 0.05) is 37.0 Å². The van der Waals surface area contributed by atoms with Crippen LogP contribution in [0.2, 0.25) is 0 Å². The van der Waals surface area contributed by atoms with E-state index >= 15 is 0 Å². The van der Waals surface area contributed by atoms with Crippen LogP contribution in [-0.2, 0) is 27.5 Å². The number of nitrogens with one attached hydrogen (secondary N) is 1. The summed E-state index contributed by atoms with van der Waals surface area (Å²) in [6, 6.07) is 10.4. The SMILES string of the molecule is O=C(O)C(=O)O.O=c1[nH]cccc1CN1CCC(OCc2ccccc2F)CC1. The molecule has 29 heavy (non-hydrogen) atoms. The predicted molar refractivity (Wildman–Crippen MR) is 102 cm³/mol. The fourth-order valence-corrected chi connectivity index (χ4v) is 2.88. The van der Waals surface area contributed by atoms with Crippen LogP contribution in [0.4, 0.5) is 4.39 Å². The Balaban J connectivity index is 0.000000438. The predicted octanol–water partition coefficient (Wildman–Crippen LogP) is 1.85. The van der Waals surface area contributed by atoms with E-state index in [9.17, 15) is 9.18 Å². The van der Waals surface area contributed by atoms with Crippen molar-refractivity contribution in [3.05, 3.63) is 69.9 Å². The first-order chi connectivity index (χ1) is 13.9. The Labute approximate surface area is 166 Å². The summed E-state index contributed by atoms with van der Waals surface area (Å²) >= 11 is 0. The van der Waals surface area contributed by atoms with Gasteiger partial charge in [0.2, 0.25) is 0 Å². The number of benzene rings is 1. The maximum absolute atomic E-state index is 13.6. The number of carboxylic acid groups (broad SMARTS) is 2. The number of ether oxygens (including phenoxy) is 1. The van der Waals surface area contributed by atoms with Crippen molar-refractivity contribution in [1.29, 1.82) is 0 Å². The number of piperidine rings is 1. The van der Waals surface area contributed by atoms with Gasteiger partial charge in [-0.15, -0.1) is 0 Å². The largest absolute Gasteiger partial charge is 0.473 e. The van der Waals surface area contributed by atoms with E-state index in [0.717, 1.165) is 31.5 Å². The van der Waals surface area contributed by atoms with E-state index in [1.54, 1.807) is 18.3 Å². The number of nitrogens with zero attached hydrogens (tertiary/aromatic N) is 1. The number of hydrogen-bond donors (Lipinski definition) is 3. The standard InChI is InChI=1S/C18H21FN2O2.C2H2O4/c19-17-6-2-1-4-15(17)13-23-16-7-10-21(11-8-16)12-14-5-3-9-20-18(14)22;3-1(4)2(5)6/h1-6,9,16H,7-8,10-13H2,(H,20,22);(H,3,4)(H,5,6). The number of H-pyrrole nitrogens is 1. The zero-order valence-electron chi connectivity index (χ0n) is 15.7. The quantitative estimate of drug-likeness (QED) is 0.648. The number of aliphatic carboxylic acids is 2. The van der Waals surface area contributed by atoms with Gasteiger partial charge >= 0.3 is 11.9 Å². The van der Waals surface area contributed by atoms with Crippen molar-refractivity contribution < 1.29 is 28.9 Å². The monoisotopic (exact) mass is 406 g/mol. The number of aromatic amines is 1. The number of rotatable bonds is 5. The molecule has 0 amide bonds. The third-order valence-electron chi connectivity index (χ3n) is 4.44. The summed E-state index contributed by atoms with van der Waals surface area (Å²) in [5.74, 6) is -3.86. The molecule has 0 saturated carbocycles. The summed E-state index contributed by atoms with van der Waals surface area (Å²) < 4.78 is 19.4. The lowest BCUT2D eigenvalue weighted by Crippen LogP contribution is -2.37. The highest BCUT2D eigenvalue weighted by Crippen LogP contribution is 2.17. The van der Waals surface area contributed by atoms with Crippen molar-refractivity contribution in [3.8, 4) is 0 Å².